The van der Waals surface area contributed by atoms with Gasteiger partial charge in [-0.25, -0.2) is 0 Å². The molecular weight excluding hydrogens is 905 g/mol. The molecule has 2 atom stereocenters. The number of amides is 3. The molecule has 0 aromatic heterocycles. The Morgan fingerprint density at radius 2 is 1.49 bits per heavy atom. The molecule has 69 heavy (non-hydrogen) atoms. The number of rotatable bonds is 18. The van der Waals surface area contributed by atoms with Crippen molar-refractivity contribution >= 4 is 74.1 Å². The van der Waals surface area contributed by atoms with Gasteiger partial charge in [-0.15, -0.1) is 0 Å². The van der Waals surface area contributed by atoms with Gasteiger partial charge in [0.25, 0.3) is 5.91 Å². The average molecular weight is 965 g/mol. The number of ketones is 1. The van der Waals surface area contributed by atoms with Crippen molar-refractivity contribution < 1.29 is 38.0 Å². The molecule has 11 nitrogen and oxygen atoms in total. The van der Waals surface area contributed by atoms with Crippen LogP contribution in [0, 0.1) is 6.92 Å². The van der Waals surface area contributed by atoms with E-state index in [9.17, 15) is 19.2 Å². The number of nitrogens with zero attached hydrogens (tertiary/aromatic N) is 3. The first-order chi connectivity index (χ1) is 33.3. The number of hydrogen-bond donors (Lipinski definition) is 1. The number of anilines is 3. The number of methoxy groups -OCH3 is 1. The maximum atomic E-state index is 14.2. The average Bonchev–Trinajstić information content (AvgIpc) is 3.84. The molecule has 3 amide bonds. The molecule has 4 heterocycles. The van der Waals surface area contributed by atoms with Gasteiger partial charge in [0, 0.05) is 76.2 Å². The van der Waals surface area contributed by atoms with E-state index in [1.165, 1.54) is 5.56 Å². The SMILES string of the molecule is CCC(=O)CCCSSC(C)(C)CCC(=O)Nc1cc(COc2cc3c(cc2C)C(=O)N2c4ccccc4C[C@H]2[C-]=[N+]3C)cc(COc2cc3c(cc2OC)C(=O)N2c4ccccc4C[C@H]2CC3)c1. The summed E-state index contributed by atoms with van der Waals surface area (Å²) in [7, 11) is 7.02. The molecular formula is C56H60N4O7S2. The maximum Gasteiger partial charge on any atom is 0.258 e. The Morgan fingerprint density at radius 3 is 2.22 bits per heavy atom. The highest BCUT2D eigenvalue weighted by Gasteiger charge is 2.38. The standard InChI is InChI=1S/C56H60N4O7S2/c1-7-44(61)15-12-22-68-69-56(3,4)21-20-53(62)57-41-25-36(33-66-50-31-49-46(23-35(50)2)55(64)60-43(32-58(49)5)28-40-14-9-11-17-48(40)60)24-37(26-41)34-67-52-29-38-18-19-42-27-39-13-8-10-16-47(39)59(42)54(63)45(38)30-51(52)65-6/h8-11,13-14,16-17,23-26,29-31,42-43H,7,12,15,18-22,27-28,33-34H2,1-6H3,(H,57,62)/t42-,43+/m1/s1. The maximum absolute atomic E-state index is 14.2. The molecule has 0 saturated heterocycles. The molecule has 0 radical (unpaired) electrons. The number of para-hydroxylation sites is 2. The Labute approximate surface area is 413 Å². The molecule has 5 aromatic carbocycles. The second kappa shape index (κ2) is 20.5. The Hall–Kier alpha value is -6.05. The molecule has 0 bridgehead atoms. The highest BCUT2D eigenvalue weighted by molar-refractivity contribution is 8.77. The van der Waals surface area contributed by atoms with Crippen molar-refractivity contribution in [1.82, 2.24) is 0 Å². The van der Waals surface area contributed by atoms with Crippen LogP contribution in [0.5, 0.6) is 17.2 Å². The quantitative estimate of drug-likeness (QED) is 0.0396. The Bertz CT molecular complexity index is 2860. The van der Waals surface area contributed by atoms with Crippen LogP contribution in [0.3, 0.4) is 0 Å². The van der Waals surface area contributed by atoms with Crippen LogP contribution in [0.25, 0.3) is 0 Å². The molecule has 4 aliphatic heterocycles. The summed E-state index contributed by atoms with van der Waals surface area (Å²) in [5.74, 6) is 2.62. The second-order valence-electron chi connectivity index (χ2n) is 19.0. The monoisotopic (exact) mass is 964 g/mol. The number of carbonyl (C=O) groups excluding carboxylic acids is 4. The van der Waals surface area contributed by atoms with E-state index in [2.05, 4.69) is 37.5 Å². The topological polar surface area (TPSA) is 117 Å². The molecule has 4 aliphatic rings. The van der Waals surface area contributed by atoms with E-state index in [0.29, 0.717) is 72.0 Å². The lowest BCUT2D eigenvalue weighted by Gasteiger charge is -2.23. The van der Waals surface area contributed by atoms with Crippen molar-refractivity contribution in [3.63, 3.8) is 0 Å². The lowest BCUT2D eigenvalue weighted by atomic mass is 9.99. The third kappa shape index (κ3) is 10.5. The van der Waals surface area contributed by atoms with Gasteiger partial charge in [0.2, 0.25) is 11.8 Å². The minimum absolute atomic E-state index is 0.0263. The first-order valence-electron chi connectivity index (χ1n) is 24.0. The largest absolute Gasteiger partial charge is 0.493 e. The number of fused-ring (bicyclic) bond motifs is 8. The van der Waals surface area contributed by atoms with Gasteiger partial charge in [-0.3, -0.25) is 19.2 Å². The molecule has 0 fully saturated rings. The minimum Gasteiger partial charge on any atom is -0.493 e. The van der Waals surface area contributed by atoms with Crippen LogP contribution in [0.1, 0.15) is 113 Å². The first-order valence-corrected chi connectivity index (χ1v) is 26.3. The molecule has 9 rings (SSSR count). The lowest BCUT2D eigenvalue weighted by Crippen LogP contribution is -2.38. The molecule has 1 N–H and O–H groups in total. The van der Waals surface area contributed by atoms with Crippen LogP contribution in [0.2, 0.25) is 0 Å². The molecule has 13 heteroatoms. The van der Waals surface area contributed by atoms with E-state index in [-0.39, 0.29) is 47.8 Å². The molecule has 358 valence electrons. The zero-order chi connectivity index (χ0) is 48.4. The lowest BCUT2D eigenvalue weighted by molar-refractivity contribution is -0.401. The van der Waals surface area contributed by atoms with E-state index >= 15 is 0 Å². The van der Waals surface area contributed by atoms with Crippen molar-refractivity contribution in [1.29, 1.82) is 0 Å². The molecule has 0 aliphatic carbocycles. The van der Waals surface area contributed by atoms with Gasteiger partial charge in [0.1, 0.15) is 31.8 Å². The van der Waals surface area contributed by atoms with Crippen molar-refractivity contribution in [3.8, 4) is 17.2 Å². The first kappa shape index (κ1) is 48.0. The highest BCUT2D eigenvalue weighted by atomic mass is 33.1. The summed E-state index contributed by atoms with van der Waals surface area (Å²) >= 11 is 0. The van der Waals surface area contributed by atoms with E-state index in [4.69, 9.17) is 14.2 Å². The number of carbonyl (C=O) groups is 4. The third-order valence-corrected chi connectivity index (χ3v) is 17.0. The van der Waals surface area contributed by atoms with Gasteiger partial charge < -0.3 is 33.9 Å². The summed E-state index contributed by atoms with van der Waals surface area (Å²) in [5, 5.41) is 3.16. The van der Waals surface area contributed by atoms with Gasteiger partial charge >= 0.3 is 0 Å². The second-order valence-corrected chi connectivity index (χ2v) is 22.2. The van der Waals surface area contributed by atoms with Crippen LogP contribution in [-0.4, -0.2) is 71.0 Å². The minimum atomic E-state index is -0.211. The fourth-order valence-corrected chi connectivity index (χ4v) is 12.5. The molecule has 5 aromatic rings. The summed E-state index contributed by atoms with van der Waals surface area (Å²) in [6, 6.07) is 29.5. The zero-order valence-corrected chi connectivity index (χ0v) is 41.9. The Balaban J connectivity index is 0.935. The van der Waals surface area contributed by atoms with Gasteiger partial charge in [0.15, 0.2) is 11.5 Å². The van der Waals surface area contributed by atoms with E-state index in [0.717, 1.165) is 76.3 Å². The van der Waals surface area contributed by atoms with Crippen molar-refractivity contribution in [2.24, 2.45) is 0 Å². The van der Waals surface area contributed by atoms with Crippen LogP contribution in [-0.2, 0) is 42.1 Å². The van der Waals surface area contributed by atoms with Crippen molar-refractivity contribution in [2.45, 2.75) is 116 Å². The fraction of sp³-hybridized carbons (Fsp3) is 0.375. The number of hydrogen-bond acceptors (Lipinski definition) is 9. The van der Waals surface area contributed by atoms with Gasteiger partial charge in [0.05, 0.1) is 12.8 Å². The van der Waals surface area contributed by atoms with Gasteiger partial charge in [-0.05, 0) is 141 Å². The summed E-state index contributed by atoms with van der Waals surface area (Å²) in [6.07, 6.45) is 9.66. The summed E-state index contributed by atoms with van der Waals surface area (Å²) < 4.78 is 20.7. The highest BCUT2D eigenvalue weighted by Crippen LogP contribution is 2.43. The van der Waals surface area contributed by atoms with Gasteiger partial charge in [-0.2, -0.15) is 0 Å². The number of aryl methyl sites for hydroxylation is 2. The number of ether oxygens (including phenoxy) is 3. The van der Waals surface area contributed by atoms with Crippen molar-refractivity contribution in [2.75, 3.05) is 35.0 Å². The Kier molecular flexibility index (Phi) is 14.3. The third-order valence-electron chi connectivity index (χ3n) is 13.5. The number of benzene rings is 5. The fourth-order valence-electron chi connectivity index (χ4n) is 9.85. The van der Waals surface area contributed by atoms with Crippen LogP contribution in [0.4, 0.5) is 22.7 Å². The van der Waals surface area contributed by atoms with Crippen LogP contribution >= 0.6 is 21.6 Å². The predicted molar refractivity (Wildman–Crippen MR) is 276 cm³/mol. The van der Waals surface area contributed by atoms with E-state index in [1.807, 2.05) is 114 Å². The van der Waals surface area contributed by atoms with E-state index < -0.39 is 0 Å². The van der Waals surface area contributed by atoms with Crippen molar-refractivity contribution in [3.05, 3.63) is 136 Å². The molecule has 0 unspecified atom stereocenters. The Morgan fingerprint density at radius 1 is 0.812 bits per heavy atom. The molecule has 0 spiro atoms. The normalized spacial score (nSPS) is 16.8. The van der Waals surface area contributed by atoms with Crippen LogP contribution in [0.15, 0.2) is 91.0 Å². The summed E-state index contributed by atoms with van der Waals surface area (Å²) in [4.78, 5) is 57.5. The zero-order valence-electron chi connectivity index (χ0n) is 40.3. The molecule has 0 saturated carbocycles. The van der Waals surface area contributed by atoms with Gasteiger partial charge in [-0.1, -0.05) is 71.0 Å². The number of Topliss-reactive ketones (excluding diaryl/α,β-unsaturated/α-hetero) is 1. The summed E-state index contributed by atoms with van der Waals surface area (Å²) in [6.45, 7) is 8.48. The number of nitrogens with one attached hydrogen (secondary N) is 1. The smallest absolute Gasteiger partial charge is 0.258 e. The van der Waals surface area contributed by atoms with E-state index in [1.54, 1.807) is 28.7 Å². The van der Waals surface area contributed by atoms with Crippen LogP contribution < -0.4 is 29.3 Å². The summed E-state index contributed by atoms with van der Waals surface area (Å²) in [5.41, 5.74) is 10.1. The predicted octanol–water partition coefficient (Wildman–Crippen LogP) is 11.1.